The van der Waals surface area contributed by atoms with Gasteiger partial charge in [0.25, 0.3) is 11.6 Å². The van der Waals surface area contributed by atoms with Crippen molar-refractivity contribution < 1.29 is 24.0 Å². The molecule has 0 saturated heterocycles. The van der Waals surface area contributed by atoms with Crippen LogP contribution in [0.15, 0.2) is 42.5 Å². The van der Waals surface area contributed by atoms with Gasteiger partial charge in [0.2, 0.25) is 5.91 Å². The first kappa shape index (κ1) is 19.0. The Morgan fingerprint density at radius 2 is 2.04 bits per heavy atom. The van der Waals surface area contributed by atoms with Gasteiger partial charge in [0.05, 0.1) is 10.6 Å². The smallest absolute Gasteiger partial charge is 0.271 e. The molecule has 0 saturated carbocycles. The number of anilines is 2. The third kappa shape index (κ3) is 3.98. The number of non-ortho nitro benzene ring substituents is 1. The lowest BCUT2D eigenvalue weighted by Gasteiger charge is -2.29. The Labute approximate surface area is 160 Å². The number of hydrogen-bond acceptors (Lipinski definition) is 6. The zero-order valence-electron chi connectivity index (χ0n) is 15.0. The number of nitrogens with zero attached hydrogens (tertiary/aromatic N) is 2. The summed E-state index contributed by atoms with van der Waals surface area (Å²) in [4.78, 5) is 48.2. The molecule has 0 unspecified atom stereocenters. The van der Waals surface area contributed by atoms with Crippen LogP contribution in [0.2, 0.25) is 0 Å². The predicted molar refractivity (Wildman–Crippen MR) is 101 cm³/mol. The van der Waals surface area contributed by atoms with Crippen molar-refractivity contribution in [3.63, 3.8) is 0 Å². The molecule has 3 rings (SSSR count). The second kappa shape index (κ2) is 7.87. The molecule has 9 heteroatoms. The van der Waals surface area contributed by atoms with Crippen LogP contribution < -0.4 is 15.0 Å². The highest BCUT2D eigenvalue weighted by Gasteiger charge is 2.28. The summed E-state index contributed by atoms with van der Waals surface area (Å²) in [7, 11) is 0. The van der Waals surface area contributed by atoms with E-state index in [1.165, 1.54) is 35.2 Å². The molecule has 0 atom stereocenters. The van der Waals surface area contributed by atoms with Crippen LogP contribution in [0.3, 0.4) is 0 Å². The second-order valence-corrected chi connectivity index (χ2v) is 6.08. The van der Waals surface area contributed by atoms with Crippen molar-refractivity contribution in [1.29, 1.82) is 0 Å². The van der Waals surface area contributed by atoms with E-state index < -0.39 is 16.7 Å². The van der Waals surface area contributed by atoms with Gasteiger partial charge >= 0.3 is 0 Å². The number of hydrogen-bond donors (Lipinski definition) is 1. The van der Waals surface area contributed by atoms with E-state index in [-0.39, 0.29) is 30.3 Å². The summed E-state index contributed by atoms with van der Waals surface area (Å²) in [6.45, 7) is 1.19. The Morgan fingerprint density at radius 3 is 2.75 bits per heavy atom. The normalized spacial score (nSPS) is 12.8. The van der Waals surface area contributed by atoms with Crippen LogP contribution in [-0.2, 0) is 9.59 Å². The second-order valence-electron chi connectivity index (χ2n) is 6.08. The van der Waals surface area contributed by atoms with E-state index in [1.807, 2.05) is 0 Å². The molecule has 0 radical (unpaired) electrons. The van der Waals surface area contributed by atoms with Gasteiger partial charge < -0.3 is 10.1 Å². The van der Waals surface area contributed by atoms with E-state index in [9.17, 15) is 24.5 Å². The maximum Gasteiger partial charge on any atom is 0.271 e. The van der Waals surface area contributed by atoms with Crippen molar-refractivity contribution in [2.24, 2.45) is 0 Å². The van der Waals surface area contributed by atoms with Gasteiger partial charge in [-0.05, 0) is 24.3 Å². The van der Waals surface area contributed by atoms with Crippen molar-refractivity contribution in [3.8, 4) is 5.75 Å². The summed E-state index contributed by atoms with van der Waals surface area (Å²) in [5, 5.41) is 13.4. The first-order chi connectivity index (χ1) is 13.4. The number of Topliss-reactive ketones (excluding diaryl/α,β-unsaturated/α-hetero) is 1. The Hall–Kier alpha value is -3.75. The maximum atomic E-state index is 12.4. The van der Waals surface area contributed by atoms with Gasteiger partial charge in [0.1, 0.15) is 12.3 Å². The van der Waals surface area contributed by atoms with Crippen LogP contribution in [0, 0.1) is 10.1 Å². The van der Waals surface area contributed by atoms with Crippen molar-refractivity contribution in [2.45, 2.75) is 13.3 Å². The molecule has 0 aliphatic carbocycles. The minimum Gasteiger partial charge on any atom is -0.482 e. The van der Waals surface area contributed by atoms with Crippen LogP contribution in [0.25, 0.3) is 0 Å². The molecule has 0 fully saturated rings. The lowest BCUT2D eigenvalue weighted by Crippen LogP contribution is -2.43. The van der Waals surface area contributed by atoms with Gasteiger partial charge in [-0.3, -0.25) is 29.4 Å². The maximum absolute atomic E-state index is 12.4. The molecule has 1 aliphatic heterocycles. The first-order valence-electron chi connectivity index (χ1n) is 8.53. The Kier molecular flexibility index (Phi) is 5.35. The molecular weight excluding hydrogens is 366 g/mol. The summed E-state index contributed by atoms with van der Waals surface area (Å²) >= 11 is 0. The fraction of sp³-hybridized carbons (Fsp3) is 0.211. The van der Waals surface area contributed by atoms with Crippen LogP contribution in [0.4, 0.5) is 17.1 Å². The van der Waals surface area contributed by atoms with Crippen molar-refractivity contribution >= 4 is 34.7 Å². The SMILES string of the molecule is CCC(=O)c1ccc2c(c1)N(CC(=O)Nc1cccc([N+](=O)[O-])c1)C(=O)CO2. The van der Waals surface area contributed by atoms with Gasteiger partial charge in [0, 0.05) is 29.8 Å². The molecular formula is C19H17N3O6. The fourth-order valence-corrected chi connectivity index (χ4v) is 2.79. The molecule has 2 aromatic carbocycles. The number of ketones is 1. The third-order valence-electron chi connectivity index (χ3n) is 4.19. The highest BCUT2D eigenvalue weighted by molar-refractivity contribution is 6.06. The number of carbonyl (C=O) groups is 3. The largest absolute Gasteiger partial charge is 0.482 e. The average molecular weight is 383 g/mol. The monoisotopic (exact) mass is 383 g/mol. The van der Waals surface area contributed by atoms with Crippen molar-refractivity contribution in [1.82, 2.24) is 0 Å². The number of carbonyl (C=O) groups excluding carboxylic acids is 3. The molecule has 144 valence electrons. The van der Waals surface area contributed by atoms with E-state index in [0.29, 0.717) is 23.4 Å². The standard InChI is InChI=1S/C19H17N3O6/c1-2-16(23)12-6-7-17-15(8-12)21(19(25)11-28-17)10-18(24)20-13-4-3-5-14(9-13)22(26)27/h3-9H,2,10-11H2,1H3,(H,20,24). The Bertz CT molecular complexity index is 972. The van der Waals surface area contributed by atoms with Crippen LogP contribution >= 0.6 is 0 Å². The molecule has 1 N–H and O–H groups in total. The van der Waals surface area contributed by atoms with Crippen LogP contribution in [0.5, 0.6) is 5.75 Å². The minimum absolute atomic E-state index is 0.0955. The van der Waals surface area contributed by atoms with Gasteiger partial charge in [-0.15, -0.1) is 0 Å². The summed E-state index contributed by atoms with van der Waals surface area (Å²) < 4.78 is 5.37. The zero-order chi connectivity index (χ0) is 20.3. The fourth-order valence-electron chi connectivity index (χ4n) is 2.79. The summed E-state index contributed by atoms with van der Waals surface area (Å²) in [5.41, 5.74) is 0.844. The minimum atomic E-state index is -0.566. The number of nitrogens with one attached hydrogen (secondary N) is 1. The molecule has 9 nitrogen and oxygen atoms in total. The number of ether oxygens (including phenoxy) is 1. The average Bonchev–Trinajstić information content (AvgIpc) is 2.69. The van der Waals surface area contributed by atoms with E-state index in [1.54, 1.807) is 19.1 Å². The highest BCUT2D eigenvalue weighted by Crippen LogP contribution is 2.33. The molecule has 28 heavy (non-hydrogen) atoms. The Balaban J connectivity index is 1.81. The topological polar surface area (TPSA) is 119 Å². The highest BCUT2D eigenvalue weighted by atomic mass is 16.6. The summed E-state index contributed by atoms with van der Waals surface area (Å²) in [6, 6.07) is 10.2. The number of nitro groups is 1. The number of benzene rings is 2. The van der Waals surface area contributed by atoms with Crippen molar-refractivity contribution in [3.05, 3.63) is 58.1 Å². The van der Waals surface area contributed by atoms with E-state index >= 15 is 0 Å². The van der Waals surface area contributed by atoms with Gasteiger partial charge in [-0.2, -0.15) is 0 Å². The summed E-state index contributed by atoms with van der Waals surface area (Å²) in [5.74, 6) is -0.658. The number of nitro benzene ring substituents is 1. The van der Waals surface area contributed by atoms with Gasteiger partial charge in [-0.25, -0.2) is 0 Å². The van der Waals surface area contributed by atoms with Gasteiger partial charge in [-0.1, -0.05) is 13.0 Å². The zero-order valence-corrected chi connectivity index (χ0v) is 15.0. The van der Waals surface area contributed by atoms with E-state index in [2.05, 4.69) is 5.32 Å². The number of fused-ring (bicyclic) bond motifs is 1. The van der Waals surface area contributed by atoms with E-state index in [4.69, 9.17) is 4.74 Å². The molecule has 0 aromatic heterocycles. The van der Waals surface area contributed by atoms with Crippen LogP contribution in [-0.4, -0.2) is 35.7 Å². The molecule has 2 amide bonds. The molecule has 2 aromatic rings. The quantitative estimate of drug-likeness (QED) is 0.465. The predicted octanol–water partition coefficient (Wildman–Crippen LogP) is 2.55. The lowest BCUT2D eigenvalue weighted by molar-refractivity contribution is -0.384. The Morgan fingerprint density at radius 1 is 1.25 bits per heavy atom. The van der Waals surface area contributed by atoms with Gasteiger partial charge in [0.15, 0.2) is 12.4 Å². The lowest BCUT2D eigenvalue weighted by atomic mass is 10.1. The molecule has 1 aliphatic rings. The van der Waals surface area contributed by atoms with Crippen molar-refractivity contribution in [2.75, 3.05) is 23.4 Å². The molecule has 0 bridgehead atoms. The number of amides is 2. The molecule has 1 heterocycles. The van der Waals surface area contributed by atoms with Crippen LogP contribution in [0.1, 0.15) is 23.7 Å². The molecule has 0 spiro atoms. The number of rotatable bonds is 6. The van der Waals surface area contributed by atoms with E-state index in [0.717, 1.165) is 0 Å². The third-order valence-corrected chi connectivity index (χ3v) is 4.19. The first-order valence-corrected chi connectivity index (χ1v) is 8.53. The summed E-state index contributed by atoms with van der Waals surface area (Å²) in [6.07, 6.45) is 0.306.